The van der Waals surface area contributed by atoms with Gasteiger partial charge in [0.2, 0.25) is 5.91 Å². The average Bonchev–Trinajstić information content (AvgIpc) is 3.00. The van der Waals surface area contributed by atoms with E-state index in [1.54, 1.807) is 18.2 Å². The fourth-order valence-corrected chi connectivity index (χ4v) is 4.54. The van der Waals surface area contributed by atoms with Gasteiger partial charge < -0.3 is 15.8 Å². The number of nitrogens with one attached hydrogen (secondary N) is 1. The fraction of sp³-hybridized carbons (Fsp3) is 0.533. The van der Waals surface area contributed by atoms with Gasteiger partial charge in [-0.25, -0.2) is 8.42 Å². The second kappa shape index (κ2) is 8.40. The lowest BCUT2D eigenvalue weighted by atomic mass is 10.2. The molecule has 1 aromatic rings. The van der Waals surface area contributed by atoms with E-state index in [-0.39, 0.29) is 35.7 Å². The minimum Gasteiger partial charge on any atom is -0.495 e. The van der Waals surface area contributed by atoms with E-state index in [1.807, 2.05) is 0 Å². The van der Waals surface area contributed by atoms with Crippen LogP contribution >= 0.6 is 12.4 Å². The lowest BCUT2D eigenvalue weighted by Gasteiger charge is -2.11. The van der Waals surface area contributed by atoms with Crippen LogP contribution in [0, 0.1) is 0 Å². The standard InChI is InChI=1S/C15H22N2O4S.ClH/c1-21-14-7-6-11(10-13(14)16)17-15(18)8-9-22(19,20)12-4-2-3-5-12;/h6-7,10,12H,2-5,8-9,16H2,1H3,(H,17,18);1H. The van der Waals surface area contributed by atoms with Crippen LogP contribution < -0.4 is 15.8 Å². The SMILES string of the molecule is COc1ccc(NC(=O)CCS(=O)(=O)C2CCCC2)cc1N.Cl. The van der Waals surface area contributed by atoms with Gasteiger partial charge in [-0.15, -0.1) is 12.4 Å². The van der Waals surface area contributed by atoms with Crippen molar-refractivity contribution in [3.63, 3.8) is 0 Å². The van der Waals surface area contributed by atoms with E-state index in [4.69, 9.17) is 10.5 Å². The molecule has 1 fully saturated rings. The molecule has 0 aliphatic heterocycles. The molecular formula is C15H23ClN2O4S. The molecule has 1 saturated carbocycles. The highest BCUT2D eigenvalue weighted by atomic mass is 35.5. The lowest BCUT2D eigenvalue weighted by Crippen LogP contribution is -2.24. The van der Waals surface area contributed by atoms with Crippen molar-refractivity contribution in [1.82, 2.24) is 0 Å². The molecule has 0 saturated heterocycles. The predicted octanol–water partition coefficient (Wildman–Crippen LogP) is 2.39. The number of benzene rings is 1. The van der Waals surface area contributed by atoms with Gasteiger partial charge in [0.15, 0.2) is 9.84 Å². The zero-order chi connectivity index (χ0) is 16.2. The van der Waals surface area contributed by atoms with E-state index in [9.17, 15) is 13.2 Å². The van der Waals surface area contributed by atoms with Crippen LogP contribution in [-0.2, 0) is 14.6 Å². The maximum absolute atomic E-state index is 12.1. The number of rotatable bonds is 6. The summed E-state index contributed by atoms with van der Waals surface area (Å²) in [6.45, 7) is 0. The molecular weight excluding hydrogens is 340 g/mol. The largest absolute Gasteiger partial charge is 0.495 e. The van der Waals surface area contributed by atoms with Crippen molar-refractivity contribution in [3.8, 4) is 5.75 Å². The molecule has 0 bridgehead atoms. The number of amides is 1. The van der Waals surface area contributed by atoms with Crippen molar-refractivity contribution in [2.75, 3.05) is 23.9 Å². The summed E-state index contributed by atoms with van der Waals surface area (Å²) in [6.07, 6.45) is 3.32. The molecule has 1 aliphatic carbocycles. The number of methoxy groups -OCH3 is 1. The Morgan fingerprint density at radius 1 is 1.35 bits per heavy atom. The number of halogens is 1. The summed E-state index contributed by atoms with van der Waals surface area (Å²) in [5, 5.41) is 2.39. The predicted molar refractivity (Wildman–Crippen MR) is 93.9 cm³/mol. The highest BCUT2D eigenvalue weighted by Gasteiger charge is 2.28. The molecule has 3 N–H and O–H groups in total. The molecule has 1 amide bonds. The van der Waals surface area contributed by atoms with Crippen LogP contribution in [0.2, 0.25) is 0 Å². The van der Waals surface area contributed by atoms with Crippen molar-refractivity contribution in [1.29, 1.82) is 0 Å². The van der Waals surface area contributed by atoms with Gasteiger partial charge in [0.05, 0.1) is 23.8 Å². The summed E-state index contributed by atoms with van der Waals surface area (Å²) in [5.74, 6) is 0.0998. The molecule has 130 valence electrons. The summed E-state index contributed by atoms with van der Waals surface area (Å²) in [4.78, 5) is 11.9. The maximum Gasteiger partial charge on any atom is 0.225 e. The zero-order valence-electron chi connectivity index (χ0n) is 13.1. The first-order valence-corrected chi connectivity index (χ1v) is 9.09. The van der Waals surface area contributed by atoms with Crippen molar-refractivity contribution >= 4 is 39.5 Å². The molecule has 0 spiro atoms. The Hall–Kier alpha value is -1.47. The minimum atomic E-state index is -3.17. The number of carbonyl (C=O) groups is 1. The van der Waals surface area contributed by atoms with Gasteiger partial charge in [0.1, 0.15) is 5.75 Å². The average molecular weight is 363 g/mol. The second-order valence-corrected chi connectivity index (χ2v) is 7.93. The topological polar surface area (TPSA) is 98.5 Å². The molecule has 0 atom stereocenters. The third-order valence-corrected chi connectivity index (χ3v) is 6.20. The van der Waals surface area contributed by atoms with Gasteiger partial charge in [-0.2, -0.15) is 0 Å². The lowest BCUT2D eigenvalue weighted by molar-refractivity contribution is -0.115. The first kappa shape index (κ1) is 19.6. The number of nitrogens with two attached hydrogens (primary N) is 1. The van der Waals surface area contributed by atoms with Gasteiger partial charge in [-0.1, -0.05) is 12.8 Å². The van der Waals surface area contributed by atoms with E-state index in [1.165, 1.54) is 7.11 Å². The van der Waals surface area contributed by atoms with Gasteiger partial charge in [0, 0.05) is 12.1 Å². The van der Waals surface area contributed by atoms with Crippen molar-refractivity contribution < 1.29 is 17.9 Å². The van der Waals surface area contributed by atoms with E-state index in [0.29, 0.717) is 17.1 Å². The van der Waals surface area contributed by atoms with Crippen LogP contribution in [0.5, 0.6) is 5.75 Å². The fourth-order valence-electron chi connectivity index (χ4n) is 2.68. The second-order valence-electron chi connectivity index (χ2n) is 5.53. The Balaban J connectivity index is 0.00000264. The highest BCUT2D eigenvalue weighted by Crippen LogP contribution is 2.26. The molecule has 0 unspecified atom stereocenters. The Morgan fingerprint density at radius 3 is 2.57 bits per heavy atom. The molecule has 0 radical (unpaired) electrons. The molecule has 8 heteroatoms. The normalized spacial score (nSPS) is 15.0. The summed E-state index contributed by atoms with van der Waals surface area (Å²) in [5.41, 5.74) is 6.71. The Kier molecular flexibility index (Phi) is 7.15. The minimum absolute atomic E-state index is 0. The zero-order valence-corrected chi connectivity index (χ0v) is 14.7. The number of hydrogen-bond acceptors (Lipinski definition) is 5. The van der Waals surface area contributed by atoms with Crippen molar-refractivity contribution in [3.05, 3.63) is 18.2 Å². The van der Waals surface area contributed by atoms with E-state index < -0.39 is 9.84 Å². The molecule has 23 heavy (non-hydrogen) atoms. The molecule has 2 rings (SSSR count). The van der Waals surface area contributed by atoms with E-state index in [2.05, 4.69) is 5.32 Å². The number of anilines is 2. The third-order valence-electron chi connectivity index (χ3n) is 3.94. The van der Waals surface area contributed by atoms with Crippen LogP contribution in [0.15, 0.2) is 18.2 Å². The van der Waals surface area contributed by atoms with Gasteiger partial charge in [-0.05, 0) is 31.0 Å². The Bertz CT molecular complexity index is 643. The van der Waals surface area contributed by atoms with E-state index >= 15 is 0 Å². The van der Waals surface area contributed by atoms with Crippen molar-refractivity contribution in [2.24, 2.45) is 0 Å². The quantitative estimate of drug-likeness (QED) is 0.757. The molecule has 1 aromatic carbocycles. The third kappa shape index (κ3) is 5.28. The summed E-state index contributed by atoms with van der Waals surface area (Å²) in [7, 11) is -1.66. The number of ether oxygens (including phenoxy) is 1. The number of sulfone groups is 1. The Morgan fingerprint density at radius 2 is 2.00 bits per heavy atom. The van der Waals surface area contributed by atoms with Gasteiger partial charge in [-0.3, -0.25) is 4.79 Å². The van der Waals surface area contributed by atoms with Crippen LogP contribution in [0.25, 0.3) is 0 Å². The monoisotopic (exact) mass is 362 g/mol. The van der Waals surface area contributed by atoms with E-state index in [0.717, 1.165) is 25.7 Å². The number of hydrogen-bond donors (Lipinski definition) is 2. The van der Waals surface area contributed by atoms with Crippen LogP contribution in [0.4, 0.5) is 11.4 Å². The van der Waals surface area contributed by atoms with Gasteiger partial charge in [0.25, 0.3) is 0 Å². The van der Waals surface area contributed by atoms with Crippen molar-refractivity contribution in [2.45, 2.75) is 37.4 Å². The molecule has 1 aliphatic rings. The van der Waals surface area contributed by atoms with Gasteiger partial charge >= 0.3 is 0 Å². The first-order valence-electron chi connectivity index (χ1n) is 7.37. The number of carbonyl (C=O) groups excluding carboxylic acids is 1. The molecule has 0 heterocycles. The molecule has 0 aromatic heterocycles. The smallest absolute Gasteiger partial charge is 0.225 e. The van der Waals surface area contributed by atoms with Crippen LogP contribution in [0.3, 0.4) is 0 Å². The summed E-state index contributed by atoms with van der Waals surface area (Å²) >= 11 is 0. The first-order chi connectivity index (χ1) is 10.4. The summed E-state index contributed by atoms with van der Waals surface area (Å²) < 4.78 is 29.3. The van der Waals surface area contributed by atoms with Crippen LogP contribution in [0.1, 0.15) is 32.1 Å². The Labute approximate surface area is 143 Å². The molecule has 6 nitrogen and oxygen atoms in total. The summed E-state index contributed by atoms with van der Waals surface area (Å²) in [6, 6.07) is 4.90. The highest BCUT2D eigenvalue weighted by molar-refractivity contribution is 7.92. The van der Waals surface area contributed by atoms with Crippen LogP contribution in [-0.4, -0.2) is 32.4 Å². The number of nitrogen functional groups attached to an aromatic ring is 1. The maximum atomic E-state index is 12.1.